The van der Waals surface area contributed by atoms with Gasteiger partial charge in [-0.05, 0) is 51.0 Å². The largest absolute Gasteiger partial charge is 0.325 e. The summed E-state index contributed by atoms with van der Waals surface area (Å²) in [6.07, 6.45) is 0. The van der Waals surface area contributed by atoms with E-state index in [1.807, 2.05) is 39.0 Å². The number of hydrogen-bond acceptors (Lipinski definition) is 1. The molecular weight excluding hydrogens is 254 g/mol. The molecular formula is C12H16BrNO. The smallest absolute Gasteiger partial charge is 0.240 e. The van der Waals surface area contributed by atoms with Crippen molar-refractivity contribution in [2.45, 2.75) is 32.0 Å². The second kappa shape index (κ2) is 4.35. The van der Waals surface area contributed by atoms with Crippen LogP contribution in [0.2, 0.25) is 0 Å². The maximum absolute atomic E-state index is 11.7. The van der Waals surface area contributed by atoms with Crippen LogP contribution in [0.5, 0.6) is 0 Å². The standard InChI is InChI=1S/C12H16BrNO/c1-8-5-6-10(7-9(8)2)14-11(15)12(3,4)13/h5-7H,1-4H3,(H,14,15). The second-order valence-electron chi connectivity index (χ2n) is 4.23. The monoisotopic (exact) mass is 269 g/mol. The van der Waals surface area contributed by atoms with Gasteiger partial charge in [-0.2, -0.15) is 0 Å². The first-order valence-electron chi connectivity index (χ1n) is 4.88. The van der Waals surface area contributed by atoms with Crippen LogP contribution in [-0.2, 0) is 4.79 Å². The summed E-state index contributed by atoms with van der Waals surface area (Å²) in [5.74, 6) is -0.0363. The third kappa shape index (κ3) is 3.34. The quantitative estimate of drug-likeness (QED) is 0.820. The van der Waals surface area contributed by atoms with Crippen LogP contribution in [0.3, 0.4) is 0 Å². The number of carbonyl (C=O) groups is 1. The summed E-state index contributed by atoms with van der Waals surface area (Å²) in [6, 6.07) is 5.90. The molecule has 0 radical (unpaired) electrons. The van der Waals surface area contributed by atoms with Crippen molar-refractivity contribution in [3.05, 3.63) is 29.3 Å². The Morgan fingerprint density at radius 2 is 1.87 bits per heavy atom. The number of hydrogen-bond donors (Lipinski definition) is 1. The van der Waals surface area contributed by atoms with Crippen LogP contribution in [0.15, 0.2) is 18.2 Å². The molecule has 0 aromatic heterocycles. The van der Waals surface area contributed by atoms with Gasteiger partial charge in [0, 0.05) is 5.69 Å². The fourth-order valence-corrected chi connectivity index (χ4v) is 1.20. The van der Waals surface area contributed by atoms with Gasteiger partial charge < -0.3 is 5.32 Å². The van der Waals surface area contributed by atoms with Crippen LogP contribution < -0.4 is 5.32 Å². The molecule has 1 aromatic carbocycles. The van der Waals surface area contributed by atoms with E-state index in [2.05, 4.69) is 28.2 Å². The number of rotatable bonds is 2. The second-order valence-corrected chi connectivity index (χ2v) is 6.21. The molecule has 0 unspecified atom stereocenters. The van der Waals surface area contributed by atoms with Gasteiger partial charge in [0.25, 0.3) is 0 Å². The first-order chi connectivity index (χ1) is 6.80. The Bertz CT molecular complexity index is 380. The van der Waals surface area contributed by atoms with Crippen molar-refractivity contribution in [2.75, 3.05) is 5.32 Å². The maximum Gasteiger partial charge on any atom is 0.240 e. The van der Waals surface area contributed by atoms with Gasteiger partial charge >= 0.3 is 0 Å². The highest BCUT2D eigenvalue weighted by atomic mass is 79.9. The Hall–Kier alpha value is -0.830. The minimum Gasteiger partial charge on any atom is -0.325 e. The molecule has 1 N–H and O–H groups in total. The fourth-order valence-electron chi connectivity index (χ4n) is 1.10. The molecule has 0 aliphatic rings. The third-order valence-electron chi connectivity index (χ3n) is 2.30. The summed E-state index contributed by atoms with van der Waals surface area (Å²) in [5, 5.41) is 2.86. The van der Waals surface area contributed by atoms with Gasteiger partial charge in [0.05, 0.1) is 4.32 Å². The molecule has 15 heavy (non-hydrogen) atoms. The third-order valence-corrected chi connectivity index (χ3v) is 2.66. The minimum absolute atomic E-state index is 0.0363. The zero-order valence-electron chi connectivity index (χ0n) is 9.52. The van der Waals surface area contributed by atoms with Gasteiger partial charge in [0.2, 0.25) is 5.91 Å². The summed E-state index contributed by atoms with van der Waals surface area (Å²) < 4.78 is -0.536. The lowest BCUT2D eigenvalue weighted by atomic mass is 10.1. The number of carbonyl (C=O) groups excluding carboxylic acids is 1. The number of benzene rings is 1. The Morgan fingerprint density at radius 1 is 1.27 bits per heavy atom. The molecule has 1 rings (SSSR count). The predicted octanol–water partition coefficient (Wildman–Crippen LogP) is 3.42. The number of halogens is 1. The summed E-state index contributed by atoms with van der Waals surface area (Å²) >= 11 is 3.32. The lowest BCUT2D eigenvalue weighted by Gasteiger charge is -2.16. The average Bonchev–Trinajstić information content (AvgIpc) is 2.10. The van der Waals surface area contributed by atoms with E-state index in [0.717, 1.165) is 5.69 Å². The Labute approximate surface area is 99.2 Å². The van der Waals surface area contributed by atoms with Gasteiger partial charge in [0.1, 0.15) is 0 Å². The van der Waals surface area contributed by atoms with E-state index in [9.17, 15) is 4.79 Å². The van der Waals surface area contributed by atoms with Crippen LogP contribution >= 0.6 is 15.9 Å². The van der Waals surface area contributed by atoms with Gasteiger partial charge in [0.15, 0.2) is 0 Å². The minimum atomic E-state index is -0.536. The molecule has 0 saturated carbocycles. The van der Waals surface area contributed by atoms with Crippen LogP contribution in [-0.4, -0.2) is 10.2 Å². The van der Waals surface area contributed by atoms with Crippen LogP contribution in [0.25, 0.3) is 0 Å². The van der Waals surface area contributed by atoms with E-state index in [4.69, 9.17) is 0 Å². The zero-order chi connectivity index (χ0) is 11.6. The van der Waals surface area contributed by atoms with Gasteiger partial charge in [-0.25, -0.2) is 0 Å². The fraction of sp³-hybridized carbons (Fsp3) is 0.417. The highest BCUT2D eigenvalue weighted by Gasteiger charge is 2.23. The molecule has 0 spiro atoms. The Balaban J connectivity index is 2.83. The molecule has 1 aromatic rings. The average molecular weight is 270 g/mol. The van der Waals surface area contributed by atoms with Crippen LogP contribution in [0, 0.1) is 13.8 Å². The number of nitrogens with one attached hydrogen (secondary N) is 1. The molecule has 3 heteroatoms. The topological polar surface area (TPSA) is 29.1 Å². The molecule has 0 atom stereocenters. The number of alkyl halides is 1. The molecule has 0 bridgehead atoms. The molecule has 2 nitrogen and oxygen atoms in total. The molecule has 0 aliphatic carbocycles. The van der Waals surface area contributed by atoms with E-state index in [0.29, 0.717) is 0 Å². The lowest BCUT2D eigenvalue weighted by molar-refractivity contribution is -0.117. The Morgan fingerprint density at radius 3 is 2.33 bits per heavy atom. The van der Waals surface area contributed by atoms with Crippen LogP contribution in [0.4, 0.5) is 5.69 Å². The number of anilines is 1. The lowest BCUT2D eigenvalue weighted by Crippen LogP contribution is -2.30. The Kier molecular flexibility index (Phi) is 3.55. The highest BCUT2D eigenvalue weighted by Crippen LogP contribution is 2.20. The first-order valence-corrected chi connectivity index (χ1v) is 5.67. The normalized spacial score (nSPS) is 11.3. The molecule has 0 saturated heterocycles. The van der Waals surface area contributed by atoms with Crippen molar-refractivity contribution < 1.29 is 4.79 Å². The van der Waals surface area contributed by atoms with Gasteiger partial charge in [-0.3, -0.25) is 4.79 Å². The molecule has 0 heterocycles. The SMILES string of the molecule is Cc1ccc(NC(=O)C(C)(C)Br)cc1C. The van der Waals surface area contributed by atoms with Gasteiger partial charge in [-0.1, -0.05) is 22.0 Å². The van der Waals surface area contributed by atoms with E-state index >= 15 is 0 Å². The van der Waals surface area contributed by atoms with Crippen molar-refractivity contribution in [1.82, 2.24) is 0 Å². The number of aryl methyl sites for hydroxylation is 2. The number of amides is 1. The van der Waals surface area contributed by atoms with Crippen molar-refractivity contribution >= 4 is 27.5 Å². The van der Waals surface area contributed by atoms with E-state index < -0.39 is 4.32 Å². The van der Waals surface area contributed by atoms with Crippen molar-refractivity contribution in [2.24, 2.45) is 0 Å². The van der Waals surface area contributed by atoms with E-state index in [1.54, 1.807) is 0 Å². The van der Waals surface area contributed by atoms with Crippen molar-refractivity contribution in [1.29, 1.82) is 0 Å². The van der Waals surface area contributed by atoms with Gasteiger partial charge in [-0.15, -0.1) is 0 Å². The molecule has 0 fully saturated rings. The zero-order valence-corrected chi connectivity index (χ0v) is 11.1. The molecule has 82 valence electrons. The van der Waals surface area contributed by atoms with Crippen molar-refractivity contribution in [3.63, 3.8) is 0 Å². The highest BCUT2D eigenvalue weighted by molar-refractivity contribution is 9.10. The van der Waals surface area contributed by atoms with E-state index in [1.165, 1.54) is 11.1 Å². The summed E-state index contributed by atoms with van der Waals surface area (Å²) in [5.41, 5.74) is 3.25. The molecule has 0 aliphatic heterocycles. The van der Waals surface area contributed by atoms with Crippen LogP contribution in [0.1, 0.15) is 25.0 Å². The summed E-state index contributed by atoms with van der Waals surface area (Å²) in [6.45, 7) is 7.73. The summed E-state index contributed by atoms with van der Waals surface area (Å²) in [7, 11) is 0. The van der Waals surface area contributed by atoms with E-state index in [-0.39, 0.29) is 5.91 Å². The predicted molar refractivity (Wildman–Crippen MR) is 67.6 cm³/mol. The van der Waals surface area contributed by atoms with Crippen molar-refractivity contribution in [3.8, 4) is 0 Å². The first kappa shape index (κ1) is 12.2. The maximum atomic E-state index is 11.7. The molecule has 1 amide bonds. The summed E-state index contributed by atoms with van der Waals surface area (Å²) in [4.78, 5) is 11.7.